The average Bonchev–Trinajstić information content (AvgIpc) is 3.44. The van der Waals surface area contributed by atoms with E-state index in [0.717, 1.165) is 10.6 Å². The summed E-state index contributed by atoms with van der Waals surface area (Å²) in [4.78, 5) is 41.7. The number of fused-ring (bicyclic) bond motifs is 1. The quantitative estimate of drug-likeness (QED) is 0.242. The molecular weight excluding hydrogens is 536 g/mol. The molecule has 0 bridgehead atoms. The molecule has 2 aliphatic rings. The Morgan fingerprint density at radius 1 is 1.13 bits per heavy atom. The van der Waals surface area contributed by atoms with E-state index in [1.165, 1.54) is 28.0 Å². The third-order valence-electron chi connectivity index (χ3n) is 6.38. The van der Waals surface area contributed by atoms with E-state index in [2.05, 4.69) is 15.5 Å². The molecule has 1 N–H and O–H groups in total. The highest BCUT2D eigenvalue weighted by Crippen LogP contribution is 2.40. The van der Waals surface area contributed by atoms with Crippen LogP contribution in [-0.2, 0) is 27.3 Å². The Labute approximate surface area is 233 Å². The summed E-state index contributed by atoms with van der Waals surface area (Å²) < 4.78 is 1.78. The zero-order chi connectivity index (χ0) is 27.5. The largest absolute Gasteiger partial charge is 0.543 e. The van der Waals surface area contributed by atoms with Crippen LogP contribution < -0.4 is 19.9 Å². The number of rotatable bonds is 9. The molecule has 0 unspecified atom stereocenters. The van der Waals surface area contributed by atoms with Crippen LogP contribution in [0.4, 0.5) is 17.2 Å². The lowest BCUT2D eigenvalue weighted by atomic mass is 10.0. The van der Waals surface area contributed by atoms with Gasteiger partial charge in [-0.05, 0) is 46.9 Å². The fourth-order valence-corrected chi connectivity index (χ4v) is 6.45. The lowest BCUT2D eigenvalue weighted by Gasteiger charge is -2.50. The van der Waals surface area contributed by atoms with Gasteiger partial charge in [-0.15, -0.1) is 23.1 Å². The number of pyridine rings is 1. The molecule has 0 radical (unpaired) electrons. The fourth-order valence-electron chi connectivity index (χ4n) is 4.41. The van der Waals surface area contributed by atoms with Gasteiger partial charge in [0.15, 0.2) is 0 Å². The van der Waals surface area contributed by atoms with Crippen LogP contribution in [-0.4, -0.2) is 53.9 Å². The lowest BCUT2D eigenvalue weighted by Crippen LogP contribution is -2.71. The van der Waals surface area contributed by atoms with Gasteiger partial charge in [0.05, 0.1) is 29.4 Å². The van der Waals surface area contributed by atoms with E-state index in [9.17, 15) is 19.5 Å². The third-order valence-corrected chi connectivity index (χ3v) is 8.60. The number of carboxylic acid groups (broad SMARTS) is 1. The highest BCUT2D eigenvalue weighted by atomic mass is 32.2. The van der Waals surface area contributed by atoms with Crippen molar-refractivity contribution in [1.29, 1.82) is 0 Å². The summed E-state index contributed by atoms with van der Waals surface area (Å²) in [6.45, 7) is 0.191. The molecule has 0 saturated carbocycles. The van der Waals surface area contributed by atoms with Crippen LogP contribution in [0.5, 0.6) is 0 Å². The number of benzene rings is 1. The number of carbonyl (C=O) groups is 3. The van der Waals surface area contributed by atoms with Crippen LogP contribution in [0.1, 0.15) is 4.88 Å². The highest BCUT2D eigenvalue weighted by molar-refractivity contribution is 8.00. The van der Waals surface area contributed by atoms with Gasteiger partial charge in [0, 0.05) is 42.1 Å². The lowest BCUT2D eigenvalue weighted by molar-refractivity contribution is -0.676. The van der Waals surface area contributed by atoms with Crippen LogP contribution in [0.15, 0.2) is 87.7 Å². The molecule has 0 spiro atoms. The van der Waals surface area contributed by atoms with Crippen molar-refractivity contribution >= 4 is 58.1 Å². The number of azo groups is 1. The van der Waals surface area contributed by atoms with Crippen molar-refractivity contribution in [2.75, 3.05) is 24.7 Å². The van der Waals surface area contributed by atoms with Gasteiger partial charge in [-0.3, -0.25) is 14.5 Å². The van der Waals surface area contributed by atoms with Crippen molar-refractivity contribution in [3.8, 4) is 0 Å². The van der Waals surface area contributed by atoms with Gasteiger partial charge in [-0.2, -0.15) is 0 Å². The molecule has 2 atom stereocenters. The van der Waals surface area contributed by atoms with E-state index in [1.54, 1.807) is 16.8 Å². The maximum atomic E-state index is 13.0. The number of thiophene rings is 1. The SMILES string of the molecule is CN(C)c1ccc(N=Nc2cccc[n+]2CC2=C(C(=O)[O-])N3C(=O)[C@@H](NC(=O)Cc4cccs4)[C@H]3SC2)cc1. The Kier molecular flexibility index (Phi) is 7.75. The molecule has 4 heterocycles. The molecular formula is C27H26N6O4S2. The number of anilines is 1. The molecule has 1 fully saturated rings. The van der Waals surface area contributed by atoms with Crippen LogP contribution in [0, 0.1) is 0 Å². The molecule has 5 rings (SSSR count). The third kappa shape index (κ3) is 5.71. The molecule has 0 aliphatic carbocycles. The molecule has 1 aromatic carbocycles. The second-order valence-electron chi connectivity index (χ2n) is 9.25. The van der Waals surface area contributed by atoms with Crippen molar-refractivity contribution in [3.63, 3.8) is 0 Å². The van der Waals surface area contributed by atoms with Gasteiger partial charge in [0.2, 0.25) is 5.91 Å². The van der Waals surface area contributed by atoms with E-state index >= 15 is 0 Å². The van der Waals surface area contributed by atoms with Crippen LogP contribution in [0.25, 0.3) is 0 Å². The standard InChI is InChI=1S/C27H26N6O4S2/c1-31(2)19-10-8-18(9-11-19)29-30-21-7-3-4-12-32(21)15-17-16-39-26-23(25(35)33(26)24(17)27(36)37)28-22(34)14-20-6-5-13-38-20/h3-13,23,26H,14-16H2,1-2H3,(H-,28,34,36,37)/t23-,26-/m1/s1. The summed E-state index contributed by atoms with van der Waals surface area (Å²) in [5.74, 6) is -1.26. The zero-order valence-electron chi connectivity index (χ0n) is 21.3. The first kappa shape index (κ1) is 26.6. The van der Waals surface area contributed by atoms with Crippen molar-refractivity contribution in [2.45, 2.75) is 24.4 Å². The maximum absolute atomic E-state index is 13.0. The summed E-state index contributed by atoms with van der Waals surface area (Å²) in [7, 11) is 3.92. The maximum Gasteiger partial charge on any atom is 0.350 e. The van der Waals surface area contributed by atoms with Crippen LogP contribution in [0.3, 0.4) is 0 Å². The number of nitrogens with one attached hydrogen (secondary N) is 1. The highest BCUT2D eigenvalue weighted by Gasteiger charge is 2.53. The molecule has 12 heteroatoms. The number of nitrogens with zero attached hydrogens (tertiary/aromatic N) is 5. The first-order chi connectivity index (χ1) is 18.8. The molecule has 10 nitrogen and oxygen atoms in total. The number of carboxylic acids is 1. The second kappa shape index (κ2) is 11.4. The number of aromatic nitrogens is 1. The predicted octanol–water partition coefficient (Wildman–Crippen LogP) is 2.16. The monoisotopic (exact) mass is 562 g/mol. The minimum Gasteiger partial charge on any atom is -0.543 e. The second-order valence-corrected chi connectivity index (χ2v) is 11.4. The van der Waals surface area contributed by atoms with Gasteiger partial charge in [-0.1, -0.05) is 12.1 Å². The topological polar surface area (TPSA) is 121 Å². The number of β-lactam (4-membered cyclic amide) rings is 1. The first-order valence-corrected chi connectivity index (χ1v) is 14.1. The number of aliphatic carboxylic acids is 1. The van der Waals surface area contributed by atoms with Crippen LogP contribution in [0.2, 0.25) is 0 Å². The van der Waals surface area contributed by atoms with Gasteiger partial charge < -0.3 is 20.1 Å². The summed E-state index contributed by atoms with van der Waals surface area (Å²) in [6.07, 6.45) is 1.96. The number of hydrogen-bond acceptors (Lipinski definition) is 9. The Balaban J connectivity index is 1.32. The molecule has 3 aromatic rings. The summed E-state index contributed by atoms with van der Waals surface area (Å²) in [5.41, 5.74) is 2.10. The summed E-state index contributed by atoms with van der Waals surface area (Å²) >= 11 is 2.88. The molecule has 39 heavy (non-hydrogen) atoms. The molecule has 2 aliphatic heterocycles. The van der Waals surface area contributed by atoms with E-state index in [4.69, 9.17) is 0 Å². The number of amides is 2. The van der Waals surface area contributed by atoms with Gasteiger partial charge in [0.1, 0.15) is 23.6 Å². The van der Waals surface area contributed by atoms with E-state index in [1.807, 2.05) is 72.9 Å². The number of thioether (sulfide) groups is 1. The molecule has 1 saturated heterocycles. The van der Waals surface area contributed by atoms with E-state index < -0.39 is 23.3 Å². The van der Waals surface area contributed by atoms with Gasteiger partial charge in [0.25, 0.3) is 5.91 Å². The van der Waals surface area contributed by atoms with Crippen molar-refractivity contribution in [2.24, 2.45) is 10.2 Å². The van der Waals surface area contributed by atoms with E-state index in [0.29, 0.717) is 22.8 Å². The van der Waals surface area contributed by atoms with Crippen molar-refractivity contribution in [1.82, 2.24) is 10.2 Å². The van der Waals surface area contributed by atoms with Crippen LogP contribution >= 0.6 is 23.1 Å². The molecule has 2 amide bonds. The molecule has 200 valence electrons. The van der Waals surface area contributed by atoms with Crippen molar-refractivity contribution in [3.05, 3.63) is 82.3 Å². The van der Waals surface area contributed by atoms with E-state index in [-0.39, 0.29) is 24.6 Å². The number of hydrogen-bond donors (Lipinski definition) is 1. The summed E-state index contributed by atoms with van der Waals surface area (Å²) in [5, 5.41) is 25.1. The Morgan fingerprint density at radius 2 is 1.92 bits per heavy atom. The summed E-state index contributed by atoms with van der Waals surface area (Å²) in [6, 6.07) is 16.0. The zero-order valence-corrected chi connectivity index (χ0v) is 22.9. The normalized spacial score (nSPS) is 18.6. The fraction of sp³-hybridized carbons (Fsp3) is 0.259. The average molecular weight is 563 g/mol. The number of carbonyl (C=O) groups excluding carboxylic acids is 3. The smallest absolute Gasteiger partial charge is 0.350 e. The first-order valence-electron chi connectivity index (χ1n) is 12.2. The Hall–Kier alpha value is -4.03. The predicted molar refractivity (Wildman–Crippen MR) is 147 cm³/mol. The molecule has 2 aromatic heterocycles. The van der Waals surface area contributed by atoms with Crippen molar-refractivity contribution < 1.29 is 24.1 Å². The van der Waals surface area contributed by atoms with Gasteiger partial charge >= 0.3 is 5.82 Å². The Bertz CT molecular complexity index is 1450. The Morgan fingerprint density at radius 3 is 2.62 bits per heavy atom. The van der Waals surface area contributed by atoms with Gasteiger partial charge in [-0.25, -0.2) is 4.57 Å². The minimum atomic E-state index is -1.42. The minimum absolute atomic E-state index is 0.147.